The van der Waals surface area contributed by atoms with E-state index in [2.05, 4.69) is 4.90 Å². The third-order valence-corrected chi connectivity index (χ3v) is 6.36. The molecule has 1 heterocycles. The van der Waals surface area contributed by atoms with Gasteiger partial charge in [-0.2, -0.15) is 0 Å². The summed E-state index contributed by atoms with van der Waals surface area (Å²) in [6, 6.07) is 15.1. The molecule has 0 amide bonds. The normalized spacial score (nSPS) is 19.4. The number of benzene rings is 2. The zero-order valence-electron chi connectivity index (χ0n) is 17.8. The third-order valence-electron chi connectivity index (χ3n) is 5.86. The Labute approximate surface area is 193 Å². The lowest BCUT2D eigenvalue weighted by atomic mass is 9.76. The van der Waals surface area contributed by atoms with E-state index in [4.69, 9.17) is 32.7 Å². The largest absolute Gasteiger partial charge is 0.468 e. The van der Waals surface area contributed by atoms with E-state index in [-0.39, 0.29) is 11.9 Å². The summed E-state index contributed by atoms with van der Waals surface area (Å²) in [5.41, 5.74) is 0.884. The first-order valence-electron chi connectivity index (χ1n) is 10.3. The van der Waals surface area contributed by atoms with Gasteiger partial charge < -0.3 is 9.47 Å². The number of piperidine rings is 1. The Morgan fingerprint density at radius 3 is 2.06 bits per heavy atom. The maximum atomic E-state index is 12.4. The van der Waals surface area contributed by atoms with E-state index in [0.717, 1.165) is 24.1 Å². The topological polar surface area (TPSA) is 55.8 Å². The van der Waals surface area contributed by atoms with Crippen LogP contribution in [0.1, 0.15) is 37.0 Å². The van der Waals surface area contributed by atoms with Crippen molar-refractivity contribution in [2.24, 2.45) is 5.41 Å². The van der Waals surface area contributed by atoms with Crippen molar-refractivity contribution in [3.8, 4) is 0 Å². The third kappa shape index (κ3) is 5.66. The Morgan fingerprint density at radius 2 is 1.58 bits per heavy atom. The van der Waals surface area contributed by atoms with Gasteiger partial charge in [0.25, 0.3) is 0 Å². The number of carbonyl (C=O) groups is 2. The van der Waals surface area contributed by atoms with Crippen molar-refractivity contribution in [1.29, 1.82) is 0 Å². The highest BCUT2D eigenvalue weighted by Crippen LogP contribution is 2.33. The maximum absolute atomic E-state index is 12.4. The quantitative estimate of drug-likeness (QED) is 0.409. The summed E-state index contributed by atoms with van der Waals surface area (Å²) in [7, 11) is 1.33. The molecular formula is C24H27Cl2NO4. The van der Waals surface area contributed by atoms with Crippen LogP contribution in [-0.2, 0) is 19.1 Å². The van der Waals surface area contributed by atoms with Gasteiger partial charge in [0.1, 0.15) is 17.3 Å². The lowest BCUT2D eigenvalue weighted by molar-refractivity contribution is -0.161. The molecule has 0 radical (unpaired) electrons. The summed E-state index contributed by atoms with van der Waals surface area (Å²) < 4.78 is 11.2. The van der Waals surface area contributed by atoms with E-state index in [1.165, 1.54) is 14.0 Å². The van der Waals surface area contributed by atoms with Crippen molar-refractivity contribution >= 4 is 35.0 Å². The Hall–Kier alpha value is -1.92. The van der Waals surface area contributed by atoms with Crippen molar-refractivity contribution in [2.45, 2.75) is 25.9 Å². The molecule has 1 aliphatic rings. The van der Waals surface area contributed by atoms with Crippen LogP contribution < -0.4 is 0 Å². The molecule has 0 N–H and O–H groups in total. The van der Waals surface area contributed by atoms with Gasteiger partial charge in [0.2, 0.25) is 0 Å². The molecule has 2 aromatic rings. The highest BCUT2D eigenvalue weighted by Gasteiger charge is 2.47. The molecule has 31 heavy (non-hydrogen) atoms. The second kappa shape index (κ2) is 10.6. The van der Waals surface area contributed by atoms with E-state index in [9.17, 15) is 9.59 Å². The molecule has 1 aliphatic heterocycles. The maximum Gasteiger partial charge on any atom is 0.320 e. The van der Waals surface area contributed by atoms with Gasteiger partial charge in [0.15, 0.2) is 0 Å². The Morgan fingerprint density at radius 1 is 1.03 bits per heavy atom. The average Bonchev–Trinajstić information content (AvgIpc) is 2.78. The van der Waals surface area contributed by atoms with Crippen LogP contribution >= 0.6 is 23.2 Å². The van der Waals surface area contributed by atoms with E-state index in [0.29, 0.717) is 36.2 Å². The van der Waals surface area contributed by atoms with Crippen LogP contribution in [0.15, 0.2) is 48.5 Å². The van der Waals surface area contributed by atoms with E-state index in [1.54, 1.807) is 0 Å². The predicted molar refractivity (Wildman–Crippen MR) is 122 cm³/mol. The van der Waals surface area contributed by atoms with E-state index in [1.807, 2.05) is 48.5 Å². The number of hydrogen-bond acceptors (Lipinski definition) is 5. The minimum absolute atomic E-state index is 0.148. The van der Waals surface area contributed by atoms with Crippen LogP contribution in [-0.4, -0.2) is 50.0 Å². The van der Waals surface area contributed by atoms with Gasteiger partial charge in [-0.05, 0) is 61.7 Å². The zero-order valence-corrected chi connectivity index (χ0v) is 19.3. The van der Waals surface area contributed by atoms with Gasteiger partial charge in [0, 0.05) is 23.1 Å². The number of ketones is 1. The summed E-state index contributed by atoms with van der Waals surface area (Å²) in [6.45, 7) is 3.66. The molecule has 1 atom stereocenters. The number of carbonyl (C=O) groups excluding carboxylic acids is 2. The lowest BCUT2D eigenvalue weighted by Gasteiger charge is -2.39. The van der Waals surface area contributed by atoms with Crippen molar-refractivity contribution in [1.82, 2.24) is 4.90 Å². The minimum Gasteiger partial charge on any atom is -0.468 e. The van der Waals surface area contributed by atoms with Crippen LogP contribution in [0.2, 0.25) is 10.0 Å². The summed E-state index contributed by atoms with van der Waals surface area (Å²) in [4.78, 5) is 26.8. The SMILES string of the molecule is COC(=O)C1(C(C)=O)CCCN(CCOC(c2ccc(Cl)cc2)c2ccc(Cl)cc2)C1. The number of esters is 1. The van der Waals surface area contributed by atoms with Gasteiger partial charge in [-0.1, -0.05) is 47.5 Å². The van der Waals surface area contributed by atoms with Gasteiger partial charge >= 0.3 is 5.97 Å². The van der Waals surface area contributed by atoms with Gasteiger partial charge in [-0.3, -0.25) is 14.5 Å². The first kappa shape index (κ1) is 23.7. The van der Waals surface area contributed by atoms with E-state index < -0.39 is 11.4 Å². The van der Waals surface area contributed by atoms with Gasteiger partial charge in [-0.15, -0.1) is 0 Å². The molecule has 5 nitrogen and oxygen atoms in total. The van der Waals surface area contributed by atoms with Crippen LogP contribution in [0, 0.1) is 5.41 Å². The molecule has 7 heteroatoms. The fourth-order valence-corrected chi connectivity index (χ4v) is 4.34. The summed E-state index contributed by atoms with van der Waals surface area (Å²) in [6.07, 6.45) is 0.995. The molecule has 0 saturated carbocycles. The number of rotatable bonds is 8. The fourth-order valence-electron chi connectivity index (χ4n) is 4.09. The number of nitrogens with zero attached hydrogens (tertiary/aromatic N) is 1. The van der Waals surface area contributed by atoms with Crippen LogP contribution in [0.4, 0.5) is 0 Å². The number of ether oxygens (including phenoxy) is 2. The Kier molecular flexibility index (Phi) is 8.11. The number of methoxy groups -OCH3 is 1. The predicted octanol–water partition coefficient (Wildman–Crippen LogP) is 4.94. The number of likely N-dealkylation sites (tertiary alicyclic amines) is 1. The molecule has 1 fully saturated rings. The lowest BCUT2D eigenvalue weighted by Crippen LogP contribution is -2.52. The van der Waals surface area contributed by atoms with Crippen molar-refractivity contribution < 1.29 is 19.1 Å². The molecule has 1 saturated heterocycles. The zero-order chi connectivity index (χ0) is 22.4. The number of Topliss-reactive ketones (excluding diaryl/α,β-unsaturated/α-hetero) is 1. The smallest absolute Gasteiger partial charge is 0.320 e. The van der Waals surface area contributed by atoms with Crippen molar-refractivity contribution in [3.63, 3.8) is 0 Å². The molecule has 0 bridgehead atoms. The summed E-state index contributed by atoms with van der Waals surface area (Å²) >= 11 is 12.1. The molecular weight excluding hydrogens is 437 g/mol. The van der Waals surface area contributed by atoms with Crippen molar-refractivity contribution in [3.05, 3.63) is 69.7 Å². The number of hydrogen-bond donors (Lipinski definition) is 0. The summed E-state index contributed by atoms with van der Waals surface area (Å²) in [5, 5.41) is 1.32. The van der Waals surface area contributed by atoms with Gasteiger partial charge in [-0.25, -0.2) is 0 Å². The summed E-state index contributed by atoms with van der Waals surface area (Å²) in [5.74, 6) is -0.601. The number of halogens is 2. The Bertz CT molecular complexity index is 855. The molecule has 2 aromatic carbocycles. The highest BCUT2D eigenvalue weighted by atomic mass is 35.5. The van der Waals surface area contributed by atoms with Crippen molar-refractivity contribution in [2.75, 3.05) is 33.4 Å². The molecule has 0 spiro atoms. The molecule has 1 unspecified atom stereocenters. The molecule has 166 valence electrons. The fraction of sp³-hybridized carbons (Fsp3) is 0.417. The molecule has 3 rings (SSSR count). The second-order valence-corrected chi connectivity index (χ2v) is 8.74. The monoisotopic (exact) mass is 463 g/mol. The minimum atomic E-state index is -1.08. The first-order valence-corrected chi connectivity index (χ1v) is 11.1. The molecule has 0 aromatic heterocycles. The first-order chi connectivity index (χ1) is 14.9. The standard InChI is InChI=1S/C24H27Cl2NO4/c1-17(28)24(23(29)30-2)12-3-13-27(16-24)14-15-31-22(18-4-8-20(25)9-5-18)19-6-10-21(26)11-7-19/h4-11,22H,3,12-16H2,1-2H3. The van der Waals surface area contributed by atoms with Crippen LogP contribution in [0.5, 0.6) is 0 Å². The van der Waals surface area contributed by atoms with Gasteiger partial charge in [0.05, 0.1) is 13.7 Å². The Balaban J connectivity index is 1.70. The second-order valence-electron chi connectivity index (χ2n) is 7.86. The van der Waals surface area contributed by atoms with E-state index >= 15 is 0 Å². The van der Waals surface area contributed by atoms with Crippen LogP contribution in [0.3, 0.4) is 0 Å². The average molecular weight is 464 g/mol. The molecule has 0 aliphatic carbocycles. The highest BCUT2D eigenvalue weighted by molar-refractivity contribution is 6.30. The van der Waals surface area contributed by atoms with Crippen LogP contribution in [0.25, 0.3) is 0 Å².